The molecule has 0 aliphatic heterocycles. The van der Waals surface area contributed by atoms with Crippen LogP contribution in [0.3, 0.4) is 0 Å². The van der Waals surface area contributed by atoms with Crippen LogP contribution in [0.25, 0.3) is 11.0 Å². The number of hydrogen-bond donors (Lipinski definition) is 1. The lowest BCUT2D eigenvalue weighted by atomic mass is 10.1. The van der Waals surface area contributed by atoms with Crippen molar-refractivity contribution in [3.63, 3.8) is 0 Å². The molecule has 0 radical (unpaired) electrons. The highest BCUT2D eigenvalue weighted by Gasteiger charge is 2.11. The van der Waals surface area contributed by atoms with Crippen LogP contribution in [-0.4, -0.2) is 18.0 Å². The van der Waals surface area contributed by atoms with Gasteiger partial charge in [-0.2, -0.15) is 4.98 Å². The van der Waals surface area contributed by atoms with E-state index in [1.807, 2.05) is 19.1 Å². The second-order valence-corrected chi connectivity index (χ2v) is 5.38. The van der Waals surface area contributed by atoms with Gasteiger partial charge >= 0.3 is 5.63 Å². The monoisotopic (exact) mass is 324 g/mol. The molecule has 0 spiro atoms. The van der Waals surface area contributed by atoms with Gasteiger partial charge in [-0.3, -0.25) is 4.79 Å². The first kappa shape index (κ1) is 15.7. The maximum atomic E-state index is 12.3. The molecular weight excluding hydrogens is 308 g/mol. The van der Waals surface area contributed by atoms with E-state index in [2.05, 4.69) is 10.3 Å². The van der Waals surface area contributed by atoms with Crippen molar-refractivity contribution in [1.82, 2.24) is 4.98 Å². The van der Waals surface area contributed by atoms with Crippen molar-refractivity contribution in [2.45, 2.75) is 13.3 Å². The fourth-order valence-corrected chi connectivity index (χ4v) is 2.44. The minimum Gasteiger partial charge on any atom is -0.481 e. The topological polar surface area (TPSA) is 81.4 Å². The van der Waals surface area contributed by atoms with Gasteiger partial charge in [-0.1, -0.05) is 18.2 Å². The lowest BCUT2D eigenvalue weighted by Gasteiger charge is -2.08. The van der Waals surface area contributed by atoms with E-state index in [1.165, 1.54) is 13.2 Å². The quantitative estimate of drug-likeness (QED) is 0.746. The number of nitrogens with one attached hydrogen (secondary N) is 1. The Morgan fingerprint density at radius 2 is 2.08 bits per heavy atom. The Hall–Kier alpha value is -3.15. The Kier molecular flexibility index (Phi) is 4.29. The molecule has 1 amide bonds. The van der Waals surface area contributed by atoms with Gasteiger partial charge in [-0.15, -0.1) is 0 Å². The van der Waals surface area contributed by atoms with E-state index < -0.39 is 5.63 Å². The molecule has 24 heavy (non-hydrogen) atoms. The number of benzene rings is 1. The number of amides is 1. The third-order valence-electron chi connectivity index (χ3n) is 3.54. The first-order chi connectivity index (χ1) is 11.5. The van der Waals surface area contributed by atoms with E-state index in [4.69, 9.17) is 9.15 Å². The smallest absolute Gasteiger partial charge is 0.336 e. The number of hydrogen-bond acceptors (Lipinski definition) is 5. The summed E-state index contributed by atoms with van der Waals surface area (Å²) in [6, 6.07) is 12.0. The van der Waals surface area contributed by atoms with Crippen LogP contribution in [0.15, 0.2) is 51.7 Å². The molecule has 0 saturated heterocycles. The van der Waals surface area contributed by atoms with Crippen molar-refractivity contribution in [1.29, 1.82) is 0 Å². The molecule has 0 atom stereocenters. The van der Waals surface area contributed by atoms with Gasteiger partial charge in [0.15, 0.2) is 0 Å². The minimum atomic E-state index is -0.476. The fraction of sp³-hybridized carbons (Fsp3) is 0.167. The van der Waals surface area contributed by atoms with Gasteiger partial charge in [0.2, 0.25) is 11.8 Å². The summed E-state index contributed by atoms with van der Waals surface area (Å²) >= 11 is 0. The Labute approximate surface area is 138 Å². The molecule has 0 fully saturated rings. The normalized spacial score (nSPS) is 10.6. The van der Waals surface area contributed by atoms with E-state index >= 15 is 0 Å². The van der Waals surface area contributed by atoms with E-state index in [1.54, 1.807) is 24.3 Å². The Balaban J connectivity index is 1.86. The second kappa shape index (κ2) is 6.54. The highest BCUT2D eigenvalue weighted by Crippen LogP contribution is 2.19. The molecule has 3 aromatic rings. The summed E-state index contributed by atoms with van der Waals surface area (Å²) < 4.78 is 10.2. The average Bonchev–Trinajstić information content (AvgIpc) is 2.54. The number of pyridine rings is 1. The molecule has 3 rings (SSSR count). The van der Waals surface area contributed by atoms with Crippen LogP contribution in [-0.2, 0) is 11.2 Å². The molecule has 6 heteroatoms. The molecule has 0 saturated carbocycles. The summed E-state index contributed by atoms with van der Waals surface area (Å²) in [7, 11) is 1.51. The molecule has 0 bridgehead atoms. The zero-order chi connectivity index (χ0) is 17.1. The van der Waals surface area contributed by atoms with Crippen LogP contribution in [0.4, 0.5) is 5.82 Å². The van der Waals surface area contributed by atoms with Crippen molar-refractivity contribution < 1.29 is 13.9 Å². The zero-order valence-electron chi connectivity index (χ0n) is 13.3. The van der Waals surface area contributed by atoms with Crippen LogP contribution < -0.4 is 15.7 Å². The second-order valence-electron chi connectivity index (χ2n) is 5.38. The first-order valence-corrected chi connectivity index (χ1v) is 7.39. The number of carbonyl (C=O) groups is 1. The van der Waals surface area contributed by atoms with Crippen LogP contribution in [0, 0.1) is 6.92 Å². The van der Waals surface area contributed by atoms with Gasteiger partial charge in [0.05, 0.1) is 13.5 Å². The molecule has 1 aromatic carbocycles. The van der Waals surface area contributed by atoms with E-state index in [0.717, 1.165) is 10.9 Å². The van der Waals surface area contributed by atoms with E-state index in [9.17, 15) is 9.59 Å². The van der Waals surface area contributed by atoms with Crippen LogP contribution in [0.5, 0.6) is 5.88 Å². The van der Waals surface area contributed by atoms with E-state index in [-0.39, 0.29) is 12.3 Å². The lowest BCUT2D eigenvalue weighted by molar-refractivity contribution is -0.115. The fourth-order valence-electron chi connectivity index (χ4n) is 2.44. The standard InChI is InChI=1S/C18H16N2O4/c1-11-6-7-13-12(10-18(22)24-14(13)8-11)9-16(21)19-15-4-3-5-17(20-15)23-2/h3-8,10H,9H2,1-2H3,(H,19,20,21). The van der Waals surface area contributed by atoms with Crippen molar-refractivity contribution in [2.75, 3.05) is 12.4 Å². The highest BCUT2D eigenvalue weighted by atomic mass is 16.5. The molecule has 0 aliphatic carbocycles. The third-order valence-corrected chi connectivity index (χ3v) is 3.54. The largest absolute Gasteiger partial charge is 0.481 e. The van der Waals surface area contributed by atoms with Crippen LogP contribution in [0.2, 0.25) is 0 Å². The van der Waals surface area contributed by atoms with Gasteiger partial charge in [0, 0.05) is 17.5 Å². The molecule has 2 aromatic heterocycles. The highest BCUT2D eigenvalue weighted by molar-refractivity contribution is 5.94. The lowest BCUT2D eigenvalue weighted by Crippen LogP contribution is -2.16. The average molecular weight is 324 g/mol. The van der Waals surface area contributed by atoms with Gasteiger partial charge in [0.1, 0.15) is 11.4 Å². The third kappa shape index (κ3) is 3.43. The number of methoxy groups -OCH3 is 1. The molecule has 2 heterocycles. The molecule has 0 aliphatic rings. The van der Waals surface area contributed by atoms with Crippen molar-refractivity contribution in [2.24, 2.45) is 0 Å². The predicted molar refractivity (Wildman–Crippen MR) is 90.3 cm³/mol. The predicted octanol–water partition coefficient (Wildman–Crippen LogP) is 2.69. The summed E-state index contributed by atoms with van der Waals surface area (Å²) in [5.74, 6) is 0.528. The number of nitrogens with zero attached hydrogens (tertiary/aromatic N) is 1. The molecule has 6 nitrogen and oxygen atoms in total. The number of rotatable bonds is 4. The van der Waals surface area contributed by atoms with Crippen molar-refractivity contribution in [3.8, 4) is 5.88 Å². The van der Waals surface area contributed by atoms with Gasteiger partial charge in [0.25, 0.3) is 0 Å². The van der Waals surface area contributed by atoms with Crippen LogP contribution in [0.1, 0.15) is 11.1 Å². The van der Waals surface area contributed by atoms with Crippen molar-refractivity contribution in [3.05, 3.63) is 64.0 Å². The number of carbonyl (C=O) groups excluding carboxylic acids is 1. The minimum absolute atomic E-state index is 0.0457. The summed E-state index contributed by atoms with van der Waals surface area (Å²) in [6.45, 7) is 1.91. The summed E-state index contributed by atoms with van der Waals surface area (Å²) in [6.07, 6.45) is 0.0457. The maximum absolute atomic E-state index is 12.3. The number of fused-ring (bicyclic) bond motifs is 1. The summed E-state index contributed by atoms with van der Waals surface area (Å²) in [5.41, 5.74) is 1.59. The van der Waals surface area contributed by atoms with Gasteiger partial charge in [-0.05, 0) is 30.2 Å². The Bertz CT molecular complexity index is 963. The number of aromatic nitrogens is 1. The van der Waals surface area contributed by atoms with Crippen LogP contribution >= 0.6 is 0 Å². The molecule has 0 unspecified atom stereocenters. The Morgan fingerprint density at radius 1 is 1.25 bits per heavy atom. The van der Waals surface area contributed by atoms with Gasteiger partial charge in [-0.25, -0.2) is 4.79 Å². The summed E-state index contributed by atoms with van der Waals surface area (Å²) in [5, 5.41) is 3.44. The van der Waals surface area contributed by atoms with Crippen molar-refractivity contribution >= 4 is 22.7 Å². The molecule has 122 valence electrons. The zero-order valence-corrected chi connectivity index (χ0v) is 13.3. The molecular formula is C18H16N2O4. The maximum Gasteiger partial charge on any atom is 0.336 e. The SMILES string of the molecule is COc1cccc(NC(=O)Cc2cc(=O)oc3cc(C)ccc23)n1. The molecule has 1 N–H and O–H groups in total. The number of ether oxygens (including phenoxy) is 1. The first-order valence-electron chi connectivity index (χ1n) is 7.39. The number of anilines is 1. The van der Waals surface area contributed by atoms with Gasteiger partial charge < -0.3 is 14.5 Å². The van der Waals surface area contributed by atoms with E-state index in [0.29, 0.717) is 22.8 Å². The summed E-state index contributed by atoms with van der Waals surface area (Å²) in [4.78, 5) is 28.1. The Morgan fingerprint density at radius 3 is 2.88 bits per heavy atom. The number of aryl methyl sites for hydroxylation is 1.